The predicted octanol–water partition coefficient (Wildman–Crippen LogP) is 1.87. The molecule has 78 valence electrons. The van der Waals surface area contributed by atoms with Crippen molar-refractivity contribution in [3.63, 3.8) is 0 Å². The minimum atomic E-state index is 0.296. The van der Waals surface area contributed by atoms with Crippen LogP contribution in [0.3, 0.4) is 0 Å². The molecule has 0 rings (SSSR count). The fourth-order valence-corrected chi connectivity index (χ4v) is 1.30. The molecule has 0 aliphatic carbocycles. The Bertz CT molecular complexity index is 134. The SMILES string of the molecule is C=CCN(CC)CC(N)C(C)CC. The van der Waals surface area contributed by atoms with Gasteiger partial charge in [-0.15, -0.1) is 6.58 Å². The number of nitrogens with two attached hydrogens (primary N) is 1. The summed E-state index contributed by atoms with van der Waals surface area (Å²) in [6.45, 7) is 13.3. The summed E-state index contributed by atoms with van der Waals surface area (Å²) in [7, 11) is 0. The molecule has 0 aromatic rings. The van der Waals surface area contributed by atoms with Gasteiger partial charge in [0.2, 0.25) is 0 Å². The molecule has 2 unspecified atom stereocenters. The zero-order chi connectivity index (χ0) is 10.3. The van der Waals surface area contributed by atoms with Crippen molar-refractivity contribution in [1.29, 1.82) is 0 Å². The Kier molecular flexibility index (Phi) is 6.92. The van der Waals surface area contributed by atoms with Crippen molar-refractivity contribution in [1.82, 2.24) is 4.90 Å². The van der Waals surface area contributed by atoms with Gasteiger partial charge >= 0.3 is 0 Å². The van der Waals surface area contributed by atoms with Crippen LogP contribution in [-0.4, -0.2) is 30.6 Å². The Morgan fingerprint density at radius 2 is 2.08 bits per heavy atom. The number of rotatable bonds is 7. The lowest BCUT2D eigenvalue weighted by atomic mass is 10.00. The van der Waals surface area contributed by atoms with Crippen LogP contribution in [0.25, 0.3) is 0 Å². The molecule has 13 heavy (non-hydrogen) atoms. The van der Waals surface area contributed by atoms with Gasteiger partial charge in [0.1, 0.15) is 0 Å². The maximum absolute atomic E-state index is 6.06. The summed E-state index contributed by atoms with van der Waals surface area (Å²) in [5.74, 6) is 0.610. The van der Waals surface area contributed by atoms with Crippen molar-refractivity contribution >= 4 is 0 Å². The van der Waals surface area contributed by atoms with E-state index in [1.54, 1.807) is 0 Å². The van der Waals surface area contributed by atoms with Gasteiger partial charge in [0, 0.05) is 19.1 Å². The van der Waals surface area contributed by atoms with Crippen molar-refractivity contribution < 1.29 is 0 Å². The van der Waals surface area contributed by atoms with Crippen LogP contribution in [0.1, 0.15) is 27.2 Å². The Labute approximate surface area is 82.8 Å². The average Bonchev–Trinajstić information content (AvgIpc) is 2.15. The van der Waals surface area contributed by atoms with E-state index in [-0.39, 0.29) is 0 Å². The first-order valence-electron chi connectivity index (χ1n) is 5.24. The third kappa shape index (κ3) is 5.06. The first-order chi connectivity index (χ1) is 6.15. The molecule has 2 heteroatoms. The van der Waals surface area contributed by atoms with E-state index in [4.69, 9.17) is 5.73 Å². The molecule has 0 aliphatic rings. The van der Waals surface area contributed by atoms with Gasteiger partial charge in [0.15, 0.2) is 0 Å². The monoisotopic (exact) mass is 184 g/mol. The molecule has 0 spiro atoms. The molecule has 0 aliphatic heterocycles. The normalized spacial score (nSPS) is 15.8. The highest BCUT2D eigenvalue weighted by Crippen LogP contribution is 2.06. The summed E-state index contributed by atoms with van der Waals surface area (Å²) < 4.78 is 0. The lowest BCUT2D eigenvalue weighted by molar-refractivity contribution is 0.263. The van der Waals surface area contributed by atoms with E-state index < -0.39 is 0 Å². The molecule has 0 aromatic carbocycles. The van der Waals surface area contributed by atoms with Gasteiger partial charge in [0.05, 0.1) is 0 Å². The molecule has 0 radical (unpaired) electrons. The molecule has 0 amide bonds. The first-order valence-corrected chi connectivity index (χ1v) is 5.24. The molecule has 0 aromatic heterocycles. The fourth-order valence-electron chi connectivity index (χ4n) is 1.30. The number of hydrogen-bond acceptors (Lipinski definition) is 2. The zero-order valence-electron chi connectivity index (χ0n) is 9.29. The highest BCUT2D eigenvalue weighted by molar-refractivity contribution is 4.78. The summed E-state index contributed by atoms with van der Waals surface area (Å²) >= 11 is 0. The second-order valence-corrected chi connectivity index (χ2v) is 3.69. The molecule has 2 N–H and O–H groups in total. The quantitative estimate of drug-likeness (QED) is 0.612. The van der Waals surface area contributed by atoms with Crippen LogP contribution in [0.2, 0.25) is 0 Å². The lowest BCUT2D eigenvalue weighted by Crippen LogP contribution is -2.41. The zero-order valence-corrected chi connectivity index (χ0v) is 9.29. The number of likely N-dealkylation sites (N-methyl/N-ethyl adjacent to an activating group) is 1. The third-order valence-electron chi connectivity index (χ3n) is 2.68. The minimum absolute atomic E-state index is 0.296. The second-order valence-electron chi connectivity index (χ2n) is 3.69. The van der Waals surface area contributed by atoms with Crippen LogP contribution < -0.4 is 5.73 Å². The average molecular weight is 184 g/mol. The van der Waals surface area contributed by atoms with E-state index in [9.17, 15) is 0 Å². The van der Waals surface area contributed by atoms with E-state index in [1.165, 1.54) is 0 Å². The van der Waals surface area contributed by atoms with Crippen LogP contribution in [0.15, 0.2) is 12.7 Å². The maximum atomic E-state index is 6.06. The van der Waals surface area contributed by atoms with Crippen molar-refractivity contribution in [3.8, 4) is 0 Å². The van der Waals surface area contributed by atoms with Crippen molar-refractivity contribution in [2.75, 3.05) is 19.6 Å². The van der Waals surface area contributed by atoms with Gasteiger partial charge in [-0.2, -0.15) is 0 Å². The molecule has 0 heterocycles. The highest BCUT2D eigenvalue weighted by atomic mass is 15.1. The summed E-state index contributed by atoms with van der Waals surface area (Å²) in [5, 5.41) is 0. The Balaban J connectivity index is 3.84. The summed E-state index contributed by atoms with van der Waals surface area (Å²) in [6.07, 6.45) is 3.10. The molecule has 0 bridgehead atoms. The van der Waals surface area contributed by atoms with Gasteiger partial charge < -0.3 is 5.73 Å². The molecular formula is C11H24N2. The van der Waals surface area contributed by atoms with Crippen molar-refractivity contribution in [2.45, 2.75) is 33.2 Å². The lowest BCUT2D eigenvalue weighted by Gasteiger charge is -2.26. The Hall–Kier alpha value is -0.340. The van der Waals surface area contributed by atoms with Gasteiger partial charge in [-0.1, -0.05) is 33.3 Å². The largest absolute Gasteiger partial charge is 0.326 e. The second kappa shape index (κ2) is 7.10. The third-order valence-corrected chi connectivity index (χ3v) is 2.68. The van der Waals surface area contributed by atoms with Gasteiger partial charge in [-0.3, -0.25) is 4.90 Å². The molecule has 0 fully saturated rings. The fraction of sp³-hybridized carbons (Fsp3) is 0.818. The Morgan fingerprint density at radius 3 is 2.46 bits per heavy atom. The van der Waals surface area contributed by atoms with Crippen molar-refractivity contribution in [2.24, 2.45) is 11.7 Å². The van der Waals surface area contributed by atoms with E-state index in [1.807, 2.05) is 6.08 Å². The van der Waals surface area contributed by atoms with E-state index in [0.717, 1.165) is 26.1 Å². The predicted molar refractivity (Wildman–Crippen MR) is 59.7 cm³/mol. The van der Waals surface area contributed by atoms with E-state index in [2.05, 4.69) is 32.3 Å². The standard InChI is InChI=1S/C11H24N2/c1-5-8-13(7-3)9-11(12)10(4)6-2/h5,10-11H,1,6-9,12H2,2-4H3. The summed E-state index contributed by atoms with van der Waals surface area (Å²) in [4.78, 5) is 2.32. The minimum Gasteiger partial charge on any atom is -0.326 e. The molecule has 0 saturated carbocycles. The van der Waals surface area contributed by atoms with Gasteiger partial charge in [0.25, 0.3) is 0 Å². The number of nitrogens with zero attached hydrogens (tertiary/aromatic N) is 1. The topological polar surface area (TPSA) is 29.3 Å². The first kappa shape index (κ1) is 12.7. The van der Waals surface area contributed by atoms with Crippen LogP contribution in [0.5, 0.6) is 0 Å². The van der Waals surface area contributed by atoms with Gasteiger partial charge in [-0.05, 0) is 12.5 Å². The van der Waals surface area contributed by atoms with Gasteiger partial charge in [-0.25, -0.2) is 0 Å². The molecular weight excluding hydrogens is 160 g/mol. The summed E-state index contributed by atoms with van der Waals surface area (Å²) in [5.41, 5.74) is 6.06. The highest BCUT2D eigenvalue weighted by Gasteiger charge is 2.13. The van der Waals surface area contributed by atoms with E-state index >= 15 is 0 Å². The van der Waals surface area contributed by atoms with Crippen LogP contribution >= 0.6 is 0 Å². The number of hydrogen-bond donors (Lipinski definition) is 1. The van der Waals surface area contributed by atoms with Crippen LogP contribution in [0.4, 0.5) is 0 Å². The van der Waals surface area contributed by atoms with Crippen molar-refractivity contribution in [3.05, 3.63) is 12.7 Å². The van der Waals surface area contributed by atoms with Crippen LogP contribution in [-0.2, 0) is 0 Å². The molecule has 0 saturated heterocycles. The van der Waals surface area contributed by atoms with Crippen LogP contribution in [0, 0.1) is 5.92 Å². The Morgan fingerprint density at radius 1 is 1.46 bits per heavy atom. The summed E-state index contributed by atoms with van der Waals surface area (Å²) in [6, 6.07) is 0.296. The smallest absolute Gasteiger partial charge is 0.0193 e. The molecule has 2 nitrogen and oxygen atoms in total. The van der Waals surface area contributed by atoms with E-state index in [0.29, 0.717) is 12.0 Å². The maximum Gasteiger partial charge on any atom is 0.0193 e. The molecule has 2 atom stereocenters.